The molecule has 0 aliphatic heterocycles. The lowest BCUT2D eigenvalue weighted by Crippen LogP contribution is -2.36. The molecule has 1 aromatic carbocycles. The van der Waals surface area contributed by atoms with Crippen LogP contribution in [-0.2, 0) is 27.8 Å². The van der Waals surface area contributed by atoms with Gasteiger partial charge in [0.2, 0.25) is 15.9 Å². The van der Waals surface area contributed by atoms with Crippen LogP contribution in [0.4, 0.5) is 5.69 Å². The molecular formula is C16H20N2O4S. The van der Waals surface area contributed by atoms with E-state index in [-0.39, 0.29) is 19.0 Å². The minimum atomic E-state index is -3.53. The Morgan fingerprint density at radius 2 is 1.96 bits per heavy atom. The summed E-state index contributed by atoms with van der Waals surface area (Å²) in [6.45, 7) is 1.75. The third-order valence-electron chi connectivity index (χ3n) is 3.37. The van der Waals surface area contributed by atoms with Crippen LogP contribution in [0.1, 0.15) is 18.2 Å². The second-order valence-corrected chi connectivity index (χ2v) is 7.15. The van der Waals surface area contributed by atoms with E-state index < -0.39 is 10.0 Å². The third kappa shape index (κ3) is 4.94. The molecule has 23 heavy (non-hydrogen) atoms. The number of sulfonamides is 1. The van der Waals surface area contributed by atoms with Gasteiger partial charge in [-0.25, -0.2) is 8.42 Å². The van der Waals surface area contributed by atoms with Crippen molar-refractivity contribution in [3.8, 4) is 0 Å². The van der Waals surface area contributed by atoms with Gasteiger partial charge in [0.05, 0.1) is 25.6 Å². The maximum absolute atomic E-state index is 12.2. The number of amides is 1. The number of benzene rings is 1. The molecule has 7 heteroatoms. The number of furan rings is 1. The van der Waals surface area contributed by atoms with Gasteiger partial charge in [0, 0.05) is 5.69 Å². The first kappa shape index (κ1) is 17.2. The summed E-state index contributed by atoms with van der Waals surface area (Å²) < 4.78 is 30.0. The van der Waals surface area contributed by atoms with E-state index in [1.54, 1.807) is 18.2 Å². The predicted molar refractivity (Wildman–Crippen MR) is 88.4 cm³/mol. The van der Waals surface area contributed by atoms with Crippen molar-refractivity contribution in [3.63, 3.8) is 0 Å². The quantitative estimate of drug-likeness (QED) is 0.841. The molecule has 0 aliphatic carbocycles. The van der Waals surface area contributed by atoms with E-state index in [2.05, 4.69) is 5.32 Å². The summed E-state index contributed by atoms with van der Waals surface area (Å²) in [7, 11) is -3.53. The highest BCUT2D eigenvalue weighted by atomic mass is 32.2. The van der Waals surface area contributed by atoms with Crippen molar-refractivity contribution in [1.29, 1.82) is 0 Å². The second kappa shape index (κ2) is 7.43. The number of hydrogen-bond donors (Lipinski definition) is 1. The van der Waals surface area contributed by atoms with Crippen molar-refractivity contribution in [3.05, 3.63) is 54.0 Å². The van der Waals surface area contributed by atoms with Crippen LogP contribution < -0.4 is 5.32 Å². The zero-order valence-corrected chi connectivity index (χ0v) is 14.0. The molecule has 0 aliphatic rings. The van der Waals surface area contributed by atoms with Gasteiger partial charge in [0.1, 0.15) is 5.76 Å². The zero-order valence-electron chi connectivity index (χ0n) is 13.2. The first-order valence-electron chi connectivity index (χ1n) is 7.25. The highest BCUT2D eigenvalue weighted by Crippen LogP contribution is 2.16. The van der Waals surface area contributed by atoms with E-state index in [0.29, 0.717) is 11.4 Å². The minimum Gasteiger partial charge on any atom is -0.468 e. The number of para-hydroxylation sites is 1. The standard InChI is InChI=1S/C16H20N2O4S/c1-3-13-7-4-5-9-15(13)17-16(19)12-18(23(2,20)21)11-14-8-6-10-22-14/h4-10H,3,11-12H2,1-2H3,(H,17,19). The second-order valence-electron chi connectivity index (χ2n) is 5.17. The normalized spacial score (nSPS) is 11.6. The average Bonchev–Trinajstić information content (AvgIpc) is 2.99. The molecule has 0 saturated heterocycles. The highest BCUT2D eigenvalue weighted by Gasteiger charge is 2.22. The van der Waals surface area contributed by atoms with Gasteiger partial charge < -0.3 is 9.73 Å². The average molecular weight is 336 g/mol. The predicted octanol–water partition coefficient (Wildman–Crippen LogP) is 2.24. The summed E-state index contributed by atoms with van der Waals surface area (Å²) in [5.74, 6) is 0.0973. The van der Waals surface area contributed by atoms with Crippen LogP contribution in [-0.4, -0.2) is 31.4 Å². The molecule has 0 atom stereocenters. The monoisotopic (exact) mass is 336 g/mol. The summed E-state index contributed by atoms with van der Waals surface area (Å²) in [6.07, 6.45) is 3.31. The van der Waals surface area contributed by atoms with Gasteiger partial charge >= 0.3 is 0 Å². The van der Waals surface area contributed by atoms with Crippen molar-refractivity contribution in [2.45, 2.75) is 19.9 Å². The molecule has 2 aromatic rings. The lowest BCUT2D eigenvalue weighted by molar-refractivity contribution is -0.116. The first-order chi connectivity index (χ1) is 10.9. The molecule has 0 unspecified atom stereocenters. The molecule has 0 spiro atoms. The number of nitrogens with one attached hydrogen (secondary N) is 1. The van der Waals surface area contributed by atoms with Gasteiger partial charge in [-0.05, 0) is 30.2 Å². The Morgan fingerprint density at radius 3 is 2.57 bits per heavy atom. The van der Waals surface area contributed by atoms with Crippen molar-refractivity contribution in [2.75, 3.05) is 18.1 Å². The number of rotatable bonds is 7. The van der Waals surface area contributed by atoms with Crippen molar-refractivity contribution >= 4 is 21.6 Å². The maximum atomic E-state index is 12.2. The van der Waals surface area contributed by atoms with Gasteiger partial charge in [-0.3, -0.25) is 4.79 Å². The number of nitrogens with zero attached hydrogens (tertiary/aromatic N) is 1. The molecule has 0 fully saturated rings. The van der Waals surface area contributed by atoms with Crippen LogP contribution in [0, 0.1) is 0 Å². The number of carbonyl (C=O) groups is 1. The largest absolute Gasteiger partial charge is 0.468 e. The summed E-state index contributed by atoms with van der Waals surface area (Å²) in [5, 5.41) is 2.77. The van der Waals surface area contributed by atoms with E-state index in [4.69, 9.17) is 4.42 Å². The van der Waals surface area contributed by atoms with E-state index in [0.717, 1.165) is 22.5 Å². The molecule has 0 saturated carbocycles. The van der Waals surface area contributed by atoms with E-state index in [1.165, 1.54) is 6.26 Å². The van der Waals surface area contributed by atoms with E-state index in [9.17, 15) is 13.2 Å². The first-order valence-corrected chi connectivity index (χ1v) is 9.10. The maximum Gasteiger partial charge on any atom is 0.239 e. The molecule has 1 heterocycles. The van der Waals surface area contributed by atoms with Crippen LogP contribution in [0.25, 0.3) is 0 Å². The third-order valence-corrected chi connectivity index (χ3v) is 4.57. The lowest BCUT2D eigenvalue weighted by atomic mass is 10.1. The smallest absolute Gasteiger partial charge is 0.239 e. The zero-order chi connectivity index (χ0) is 16.9. The number of carbonyl (C=O) groups excluding carboxylic acids is 1. The molecule has 0 bridgehead atoms. The van der Waals surface area contributed by atoms with Crippen LogP contribution in [0.15, 0.2) is 47.1 Å². The minimum absolute atomic E-state index is 0.0225. The Balaban J connectivity index is 2.08. The topological polar surface area (TPSA) is 79.6 Å². The molecule has 1 N–H and O–H groups in total. The SMILES string of the molecule is CCc1ccccc1NC(=O)CN(Cc1ccco1)S(C)(=O)=O. The van der Waals surface area contributed by atoms with Crippen molar-refractivity contribution in [2.24, 2.45) is 0 Å². The van der Waals surface area contributed by atoms with Gasteiger partial charge in [-0.15, -0.1) is 0 Å². The van der Waals surface area contributed by atoms with Gasteiger partial charge in [-0.2, -0.15) is 4.31 Å². The van der Waals surface area contributed by atoms with Gasteiger partial charge in [0.15, 0.2) is 0 Å². The van der Waals surface area contributed by atoms with E-state index >= 15 is 0 Å². The van der Waals surface area contributed by atoms with Crippen LogP contribution in [0.3, 0.4) is 0 Å². The molecular weight excluding hydrogens is 316 g/mol. The molecule has 6 nitrogen and oxygen atoms in total. The molecule has 1 amide bonds. The van der Waals surface area contributed by atoms with Crippen LogP contribution in [0.2, 0.25) is 0 Å². The van der Waals surface area contributed by atoms with Crippen LogP contribution >= 0.6 is 0 Å². The fourth-order valence-electron chi connectivity index (χ4n) is 2.17. The molecule has 124 valence electrons. The summed E-state index contributed by atoms with van der Waals surface area (Å²) in [5.41, 5.74) is 1.70. The van der Waals surface area contributed by atoms with Crippen LogP contribution in [0.5, 0.6) is 0 Å². The van der Waals surface area contributed by atoms with E-state index in [1.807, 2.05) is 25.1 Å². The Kier molecular flexibility index (Phi) is 5.57. The summed E-state index contributed by atoms with van der Waals surface area (Å²) in [4.78, 5) is 12.2. The van der Waals surface area contributed by atoms with Gasteiger partial charge in [-0.1, -0.05) is 25.1 Å². The highest BCUT2D eigenvalue weighted by molar-refractivity contribution is 7.88. The fraction of sp³-hybridized carbons (Fsp3) is 0.312. The molecule has 1 aromatic heterocycles. The Labute approximate surface area is 136 Å². The summed E-state index contributed by atoms with van der Waals surface area (Å²) >= 11 is 0. The number of hydrogen-bond acceptors (Lipinski definition) is 4. The van der Waals surface area contributed by atoms with Crippen molar-refractivity contribution in [1.82, 2.24) is 4.31 Å². The Bertz CT molecular complexity index is 754. The number of aryl methyl sites for hydroxylation is 1. The van der Waals surface area contributed by atoms with Gasteiger partial charge in [0.25, 0.3) is 0 Å². The van der Waals surface area contributed by atoms with Crippen molar-refractivity contribution < 1.29 is 17.6 Å². The Hall–Kier alpha value is -2.12. The summed E-state index contributed by atoms with van der Waals surface area (Å²) in [6, 6.07) is 10.8. The lowest BCUT2D eigenvalue weighted by Gasteiger charge is -2.19. The Morgan fingerprint density at radius 1 is 1.22 bits per heavy atom. The number of anilines is 1. The molecule has 2 rings (SSSR count). The molecule has 0 radical (unpaired) electrons. The fourth-order valence-corrected chi connectivity index (χ4v) is 2.88.